The number of morpholine rings is 1. The summed E-state index contributed by atoms with van der Waals surface area (Å²) in [6.07, 6.45) is 3.39. The molecule has 0 spiro atoms. The lowest BCUT2D eigenvalue weighted by Crippen LogP contribution is -2.37. The number of anilines is 1. The molecule has 1 aromatic heterocycles. The molecular formula is C15H20N2O. The third kappa shape index (κ3) is 1.93. The molecule has 0 saturated carbocycles. The van der Waals surface area contributed by atoms with E-state index in [9.17, 15) is 0 Å². The number of hydrogen-bond donors (Lipinski definition) is 0. The first-order chi connectivity index (χ1) is 8.67. The van der Waals surface area contributed by atoms with Crippen molar-refractivity contribution in [2.24, 2.45) is 0 Å². The van der Waals surface area contributed by atoms with Gasteiger partial charge < -0.3 is 9.64 Å². The first kappa shape index (κ1) is 11.7. The zero-order chi connectivity index (χ0) is 12.7. The van der Waals surface area contributed by atoms with Gasteiger partial charge >= 0.3 is 0 Å². The Labute approximate surface area is 108 Å². The second kappa shape index (κ2) is 4.39. The summed E-state index contributed by atoms with van der Waals surface area (Å²) in [5.74, 6) is 1.60. The summed E-state index contributed by atoms with van der Waals surface area (Å²) in [5.41, 5.74) is 2.30. The molecule has 3 nitrogen and oxygen atoms in total. The fraction of sp³-hybridized carbons (Fsp3) is 0.533. The van der Waals surface area contributed by atoms with E-state index in [1.165, 1.54) is 5.56 Å². The molecule has 3 rings (SSSR count). The Morgan fingerprint density at radius 3 is 2.89 bits per heavy atom. The fourth-order valence-corrected chi connectivity index (χ4v) is 2.82. The molecule has 18 heavy (non-hydrogen) atoms. The molecule has 3 heteroatoms. The number of hydrogen-bond acceptors (Lipinski definition) is 3. The molecule has 2 saturated heterocycles. The Morgan fingerprint density at radius 1 is 1.50 bits per heavy atom. The highest BCUT2D eigenvalue weighted by Gasteiger charge is 2.39. The summed E-state index contributed by atoms with van der Waals surface area (Å²) in [4.78, 5) is 7.08. The first-order valence-corrected chi connectivity index (χ1v) is 6.70. The number of pyridine rings is 1. The van der Waals surface area contributed by atoms with Crippen LogP contribution in [0.25, 0.3) is 6.08 Å². The summed E-state index contributed by atoms with van der Waals surface area (Å²) >= 11 is 0. The van der Waals surface area contributed by atoms with E-state index < -0.39 is 0 Å². The van der Waals surface area contributed by atoms with Gasteiger partial charge in [0.25, 0.3) is 0 Å². The van der Waals surface area contributed by atoms with Crippen molar-refractivity contribution in [2.75, 3.05) is 18.1 Å². The van der Waals surface area contributed by atoms with E-state index >= 15 is 0 Å². The Bertz CT molecular complexity index is 470. The van der Waals surface area contributed by atoms with Crippen molar-refractivity contribution < 1.29 is 4.74 Å². The molecule has 0 N–H and O–H groups in total. The van der Waals surface area contributed by atoms with E-state index in [2.05, 4.69) is 42.4 Å². The van der Waals surface area contributed by atoms with Gasteiger partial charge in [-0.3, -0.25) is 0 Å². The topological polar surface area (TPSA) is 25.4 Å². The van der Waals surface area contributed by atoms with Crippen LogP contribution in [0, 0.1) is 0 Å². The van der Waals surface area contributed by atoms with Crippen molar-refractivity contribution in [2.45, 2.75) is 38.3 Å². The average Bonchev–Trinajstić information content (AvgIpc) is 3.00. The van der Waals surface area contributed by atoms with Gasteiger partial charge in [0, 0.05) is 6.54 Å². The molecule has 0 radical (unpaired) electrons. The Morgan fingerprint density at radius 2 is 2.33 bits per heavy atom. The van der Waals surface area contributed by atoms with E-state index in [1.807, 2.05) is 6.08 Å². The van der Waals surface area contributed by atoms with Crippen LogP contribution in [-0.2, 0) is 4.74 Å². The molecule has 2 atom stereocenters. The summed E-state index contributed by atoms with van der Waals surface area (Å²) in [5, 5.41) is 0. The molecule has 0 aromatic carbocycles. The van der Waals surface area contributed by atoms with Gasteiger partial charge in [0.1, 0.15) is 5.82 Å². The second-order valence-corrected chi connectivity index (χ2v) is 5.54. The van der Waals surface area contributed by atoms with E-state index in [4.69, 9.17) is 4.74 Å². The van der Waals surface area contributed by atoms with Crippen molar-refractivity contribution in [1.29, 1.82) is 0 Å². The quantitative estimate of drug-likeness (QED) is 0.817. The number of aromatic nitrogens is 1. The van der Waals surface area contributed by atoms with Crippen LogP contribution in [0.4, 0.5) is 5.82 Å². The number of fused-ring (bicyclic) bond motifs is 2. The molecule has 2 unspecified atom stereocenters. The standard InChI is InChI=1S/C15H20N2O/c1-4-12-5-11(10(2)3)6-15(16-12)17-8-14-7-13(17)9-18-14/h4-6,10,13-14H,1,7-9H2,2-3H3. The molecule has 2 bridgehead atoms. The Hall–Kier alpha value is -1.35. The number of ether oxygens (including phenoxy) is 1. The SMILES string of the molecule is C=Cc1cc(C(C)C)cc(N2CC3CC2CO3)n1. The van der Waals surface area contributed by atoms with Crippen LogP contribution in [0.15, 0.2) is 18.7 Å². The maximum absolute atomic E-state index is 5.65. The summed E-state index contributed by atoms with van der Waals surface area (Å²) < 4.78 is 5.65. The van der Waals surface area contributed by atoms with Gasteiger partial charge in [0.2, 0.25) is 0 Å². The minimum atomic E-state index is 0.409. The Balaban J connectivity index is 1.96. The third-order valence-electron chi connectivity index (χ3n) is 3.92. The third-order valence-corrected chi connectivity index (χ3v) is 3.92. The molecular weight excluding hydrogens is 224 g/mol. The van der Waals surface area contributed by atoms with Crippen LogP contribution in [0.1, 0.15) is 37.4 Å². The predicted molar refractivity (Wildman–Crippen MR) is 73.9 cm³/mol. The minimum Gasteiger partial charge on any atom is -0.374 e. The highest BCUT2D eigenvalue weighted by Crippen LogP contribution is 2.33. The van der Waals surface area contributed by atoms with Crippen LogP contribution in [0.3, 0.4) is 0 Å². The second-order valence-electron chi connectivity index (χ2n) is 5.54. The van der Waals surface area contributed by atoms with E-state index in [0.29, 0.717) is 18.1 Å². The molecule has 3 heterocycles. The fourth-order valence-electron chi connectivity index (χ4n) is 2.82. The van der Waals surface area contributed by atoms with E-state index in [0.717, 1.165) is 31.1 Å². The lowest BCUT2D eigenvalue weighted by Gasteiger charge is -2.28. The van der Waals surface area contributed by atoms with Crippen molar-refractivity contribution in [3.05, 3.63) is 30.0 Å². The van der Waals surface area contributed by atoms with Crippen LogP contribution in [-0.4, -0.2) is 30.3 Å². The Kier molecular flexibility index (Phi) is 2.86. The highest BCUT2D eigenvalue weighted by molar-refractivity contribution is 5.53. The molecule has 96 valence electrons. The lowest BCUT2D eigenvalue weighted by atomic mass is 10.0. The van der Waals surface area contributed by atoms with E-state index in [1.54, 1.807) is 0 Å². The van der Waals surface area contributed by atoms with Crippen LogP contribution < -0.4 is 4.90 Å². The molecule has 0 amide bonds. The van der Waals surface area contributed by atoms with Crippen molar-refractivity contribution >= 4 is 11.9 Å². The van der Waals surface area contributed by atoms with Crippen molar-refractivity contribution in [1.82, 2.24) is 4.98 Å². The maximum Gasteiger partial charge on any atom is 0.129 e. The smallest absolute Gasteiger partial charge is 0.129 e. The van der Waals surface area contributed by atoms with Gasteiger partial charge in [-0.1, -0.05) is 20.4 Å². The average molecular weight is 244 g/mol. The largest absolute Gasteiger partial charge is 0.374 e. The minimum absolute atomic E-state index is 0.409. The van der Waals surface area contributed by atoms with Crippen LogP contribution >= 0.6 is 0 Å². The molecule has 1 aromatic rings. The first-order valence-electron chi connectivity index (χ1n) is 6.70. The number of nitrogens with zero attached hydrogens (tertiary/aromatic N) is 2. The van der Waals surface area contributed by atoms with Gasteiger partial charge in [0.05, 0.1) is 24.4 Å². The summed E-state index contributed by atoms with van der Waals surface area (Å²) in [6.45, 7) is 10.1. The molecule has 2 aliphatic rings. The maximum atomic E-state index is 5.65. The monoisotopic (exact) mass is 244 g/mol. The summed E-state index contributed by atoms with van der Waals surface area (Å²) in [7, 11) is 0. The zero-order valence-corrected chi connectivity index (χ0v) is 11.1. The zero-order valence-electron chi connectivity index (χ0n) is 11.1. The highest BCUT2D eigenvalue weighted by atomic mass is 16.5. The molecule has 0 aliphatic carbocycles. The van der Waals surface area contributed by atoms with Crippen LogP contribution in [0.2, 0.25) is 0 Å². The van der Waals surface area contributed by atoms with Gasteiger partial charge in [-0.05, 0) is 36.1 Å². The summed E-state index contributed by atoms with van der Waals surface area (Å²) in [6, 6.07) is 4.87. The van der Waals surface area contributed by atoms with Gasteiger partial charge in [-0.2, -0.15) is 0 Å². The van der Waals surface area contributed by atoms with Crippen molar-refractivity contribution in [3.63, 3.8) is 0 Å². The lowest BCUT2D eigenvalue weighted by molar-refractivity contribution is 0.0989. The molecule has 2 fully saturated rings. The predicted octanol–water partition coefficient (Wildman–Crippen LogP) is 2.83. The van der Waals surface area contributed by atoms with E-state index in [-0.39, 0.29) is 0 Å². The van der Waals surface area contributed by atoms with Crippen molar-refractivity contribution in [3.8, 4) is 0 Å². The van der Waals surface area contributed by atoms with Gasteiger partial charge in [0.15, 0.2) is 0 Å². The normalized spacial score (nSPS) is 26.1. The van der Waals surface area contributed by atoms with Gasteiger partial charge in [-0.15, -0.1) is 0 Å². The number of rotatable bonds is 3. The van der Waals surface area contributed by atoms with Gasteiger partial charge in [-0.25, -0.2) is 4.98 Å². The molecule has 2 aliphatic heterocycles. The van der Waals surface area contributed by atoms with Crippen LogP contribution in [0.5, 0.6) is 0 Å².